The summed E-state index contributed by atoms with van der Waals surface area (Å²) in [5.41, 5.74) is 0.248. The van der Waals surface area contributed by atoms with Crippen molar-refractivity contribution in [1.82, 2.24) is 9.97 Å². The highest BCUT2D eigenvalue weighted by atomic mass is 35.5. The Balaban J connectivity index is 2.06. The van der Waals surface area contributed by atoms with E-state index in [9.17, 15) is 14.0 Å². The van der Waals surface area contributed by atoms with E-state index in [1.165, 1.54) is 18.2 Å². The van der Waals surface area contributed by atoms with Crippen molar-refractivity contribution >= 4 is 39.3 Å². The predicted octanol–water partition coefficient (Wildman–Crippen LogP) is 3.73. The Labute approximate surface area is 143 Å². The number of aryl methyl sites for hydroxylation is 1. The van der Waals surface area contributed by atoms with E-state index >= 15 is 0 Å². The van der Waals surface area contributed by atoms with Gasteiger partial charge in [0.05, 0.1) is 5.39 Å². The number of halogens is 2. The van der Waals surface area contributed by atoms with E-state index in [0.717, 1.165) is 11.3 Å². The predicted molar refractivity (Wildman–Crippen MR) is 87.8 cm³/mol. The molecule has 2 aromatic heterocycles. The summed E-state index contributed by atoms with van der Waals surface area (Å²) < 4.78 is 18.5. The van der Waals surface area contributed by atoms with Crippen LogP contribution in [0.2, 0.25) is 5.02 Å². The zero-order valence-electron chi connectivity index (χ0n) is 12.2. The second-order valence-electron chi connectivity index (χ2n) is 4.99. The van der Waals surface area contributed by atoms with Crippen molar-refractivity contribution in [3.05, 3.63) is 56.3 Å². The fourth-order valence-corrected chi connectivity index (χ4v) is 3.53. The van der Waals surface area contributed by atoms with Gasteiger partial charge in [0.25, 0.3) is 5.56 Å². The Hall–Kier alpha value is -2.45. The van der Waals surface area contributed by atoms with Crippen LogP contribution in [-0.4, -0.2) is 21.2 Å². The maximum absolute atomic E-state index is 13.8. The number of nitrogens with zero attached hydrogens (tertiary/aromatic N) is 1. The summed E-state index contributed by atoms with van der Waals surface area (Å²) in [5, 5.41) is 9.43. The fourth-order valence-electron chi connectivity index (χ4n) is 2.29. The molecule has 0 radical (unpaired) electrons. The van der Waals surface area contributed by atoms with E-state index in [1.807, 2.05) is 0 Å². The first kappa shape index (κ1) is 16.4. The minimum Gasteiger partial charge on any atom is -0.449 e. The summed E-state index contributed by atoms with van der Waals surface area (Å²) in [4.78, 5) is 30.1. The van der Waals surface area contributed by atoms with Gasteiger partial charge in [-0.1, -0.05) is 22.9 Å². The molecule has 3 aromatic rings. The number of hydrogen-bond acceptors (Lipinski definition) is 5. The zero-order chi connectivity index (χ0) is 17.4. The average molecular weight is 369 g/mol. The van der Waals surface area contributed by atoms with Crippen LogP contribution in [0.15, 0.2) is 23.0 Å². The number of aromatic amines is 1. The van der Waals surface area contributed by atoms with Gasteiger partial charge in [-0.2, -0.15) is 0 Å². The van der Waals surface area contributed by atoms with Crippen LogP contribution < -0.4 is 10.3 Å². The molecule has 1 aromatic carbocycles. The molecule has 24 heavy (non-hydrogen) atoms. The smallest absolute Gasteiger partial charge is 0.449 e. The first-order chi connectivity index (χ1) is 11.3. The number of ether oxygens (including phenoxy) is 1. The minimum absolute atomic E-state index is 0.0453. The largest absolute Gasteiger partial charge is 0.512 e. The number of carboxylic acid groups (broad SMARTS) is 1. The van der Waals surface area contributed by atoms with Gasteiger partial charge in [-0.25, -0.2) is 14.2 Å². The zero-order valence-corrected chi connectivity index (χ0v) is 13.8. The van der Waals surface area contributed by atoms with Crippen molar-refractivity contribution in [2.24, 2.45) is 0 Å². The van der Waals surface area contributed by atoms with Crippen LogP contribution in [0.25, 0.3) is 10.2 Å². The number of nitrogens with one attached hydrogen (secondary N) is 1. The Bertz CT molecular complexity index is 1010. The number of H-pyrrole nitrogens is 1. The van der Waals surface area contributed by atoms with Gasteiger partial charge in [0.15, 0.2) is 5.06 Å². The number of fused-ring (bicyclic) bond motifs is 1. The summed E-state index contributed by atoms with van der Waals surface area (Å²) in [7, 11) is 0. The summed E-state index contributed by atoms with van der Waals surface area (Å²) >= 11 is 6.80. The molecule has 0 aliphatic carbocycles. The number of benzene rings is 1. The van der Waals surface area contributed by atoms with Crippen molar-refractivity contribution in [1.29, 1.82) is 0 Å². The van der Waals surface area contributed by atoms with Crippen LogP contribution in [0.1, 0.15) is 17.0 Å². The van der Waals surface area contributed by atoms with Crippen molar-refractivity contribution < 1.29 is 19.0 Å². The summed E-state index contributed by atoms with van der Waals surface area (Å²) in [6.07, 6.45) is -1.42. The Morgan fingerprint density at radius 2 is 2.25 bits per heavy atom. The second kappa shape index (κ2) is 6.21. The first-order valence-electron chi connectivity index (χ1n) is 6.72. The lowest BCUT2D eigenvalue weighted by molar-refractivity contribution is 0.145. The summed E-state index contributed by atoms with van der Waals surface area (Å²) in [5.74, 6) is -0.212. The van der Waals surface area contributed by atoms with Crippen LogP contribution in [0.5, 0.6) is 5.06 Å². The molecular formula is C15H10ClFN2O4S. The standard InChI is InChI=1S/C15H10ClFN2O4S/c1-6-11-12(20)18-10(5-7-4-8(16)2-3-9(7)17)19-13(11)24-14(6)23-15(21)22/h2-4H,5H2,1H3,(H,21,22)(H,18,19,20). The van der Waals surface area contributed by atoms with E-state index in [0.29, 0.717) is 21.0 Å². The highest BCUT2D eigenvalue weighted by Gasteiger charge is 2.18. The number of aromatic nitrogens is 2. The molecule has 0 spiro atoms. The van der Waals surface area contributed by atoms with Gasteiger partial charge in [-0.05, 0) is 30.7 Å². The van der Waals surface area contributed by atoms with E-state index in [4.69, 9.17) is 16.7 Å². The number of rotatable bonds is 3. The maximum Gasteiger partial charge on any atom is 0.512 e. The number of thiophene rings is 1. The molecule has 124 valence electrons. The van der Waals surface area contributed by atoms with Crippen LogP contribution in [0.4, 0.5) is 9.18 Å². The first-order valence-corrected chi connectivity index (χ1v) is 7.91. The van der Waals surface area contributed by atoms with Gasteiger partial charge in [0, 0.05) is 17.0 Å². The topological polar surface area (TPSA) is 92.3 Å². The summed E-state index contributed by atoms with van der Waals surface area (Å²) in [6.45, 7) is 1.57. The lowest BCUT2D eigenvalue weighted by Gasteiger charge is -2.04. The molecule has 6 nitrogen and oxygen atoms in total. The van der Waals surface area contributed by atoms with E-state index in [2.05, 4.69) is 14.7 Å². The van der Waals surface area contributed by atoms with Gasteiger partial charge < -0.3 is 14.8 Å². The Morgan fingerprint density at radius 3 is 2.96 bits per heavy atom. The molecule has 0 bridgehead atoms. The van der Waals surface area contributed by atoms with E-state index in [-0.39, 0.29) is 22.7 Å². The SMILES string of the molecule is Cc1c(OC(=O)O)sc2nc(Cc3cc(Cl)ccc3F)[nH]c(=O)c12. The normalized spacial score (nSPS) is 11.0. The third-order valence-corrected chi connectivity index (χ3v) is 4.65. The van der Waals surface area contributed by atoms with Crippen LogP contribution in [0.3, 0.4) is 0 Å². The third kappa shape index (κ3) is 3.10. The fraction of sp³-hybridized carbons (Fsp3) is 0.133. The molecule has 2 heterocycles. The highest BCUT2D eigenvalue weighted by molar-refractivity contribution is 7.20. The maximum atomic E-state index is 13.8. The lowest BCUT2D eigenvalue weighted by Crippen LogP contribution is -2.12. The van der Waals surface area contributed by atoms with Gasteiger partial charge in [0.1, 0.15) is 16.5 Å². The quantitative estimate of drug-likeness (QED) is 0.687. The van der Waals surface area contributed by atoms with Crippen molar-refractivity contribution in [3.8, 4) is 5.06 Å². The van der Waals surface area contributed by atoms with E-state index in [1.54, 1.807) is 6.92 Å². The molecule has 0 amide bonds. The molecule has 0 saturated heterocycles. The highest BCUT2D eigenvalue weighted by Crippen LogP contribution is 2.34. The number of hydrogen-bond donors (Lipinski definition) is 2. The molecule has 0 aliphatic heterocycles. The van der Waals surface area contributed by atoms with Gasteiger partial charge in [-0.15, -0.1) is 0 Å². The molecule has 0 aliphatic rings. The van der Waals surface area contributed by atoms with E-state index < -0.39 is 17.5 Å². The molecular weight excluding hydrogens is 359 g/mol. The van der Waals surface area contributed by atoms with Crippen LogP contribution >= 0.6 is 22.9 Å². The molecule has 0 saturated carbocycles. The molecule has 2 N–H and O–H groups in total. The monoisotopic (exact) mass is 368 g/mol. The van der Waals surface area contributed by atoms with Crippen molar-refractivity contribution in [2.45, 2.75) is 13.3 Å². The minimum atomic E-state index is -1.47. The van der Waals surface area contributed by atoms with Gasteiger partial charge in [0.2, 0.25) is 0 Å². The number of carbonyl (C=O) groups is 1. The second-order valence-corrected chi connectivity index (χ2v) is 6.39. The van der Waals surface area contributed by atoms with Gasteiger partial charge >= 0.3 is 6.16 Å². The molecule has 9 heteroatoms. The molecule has 0 fully saturated rings. The van der Waals surface area contributed by atoms with Crippen LogP contribution in [0, 0.1) is 12.7 Å². The molecule has 0 atom stereocenters. The summed E-state index contributed by atoms with van der Waals surface area (Å²) in [6, 6.07) is 4.13. The van der Waals surface area contributed by atoms with Crippen LogP contribution in [-0.2, 0) is 6.42 Å². The molecule has 0 unspecified atom stereocenters. The molecule has 3 rings (SSSR count). The van der Waals surface area contributed by atoms with Gasteiger partial charge in [-0.3, -0.25) is 4.79 Å². The average Bonchev–Trinajstić information content (AvgIpc) is 2.79. The lowest BCUT2D eigenvalue weighted by atomic mass is 10.1. The Kier molecular flexibility index (Phi) is 4.25. The van der Waals surface area contributed by atoms with Crippen molar-refractivity contribution in [2.75, 3.05) is 0 Å². The van der Waals surface area contributed by atoms with Crippen molar-refractivity contribution in [3.63, 3.8) is 0 Å². The third-order valence-electron chi connectivity index (χ3n) is 3.35. The Morgan fingerprint density at radius 1 is 1.50 bits per heavy atom.